The highest BCUT2D eigenvalue weighted by Gasteiger charge is 2.32. The van der Waals surface area contributed by atoms with Gasteiger partial charge >= 0.3 is 5.97 Å². The second-order valence-electron chi connectivity index (χ2n) is 6.04. The molecule has 132 valence electrons. The zero-order chi connectivity index (χ0) is 17.8. The molecule has 1 aromatic carbocycles. The highest BCUT2D eigenvalue weighted by atomic mass is 19.3. The van der Waals surface area contributed by atoms with Crippen LogP contribution in [0.5, 0.6) is 0 Å². The second kappa shape index (κ2) is 7.70. The first-order chi connectivity index (χ1) is 12.1. The van der Waals surface area contributed by atoms with Crippen molar-refractivity contribution in [1.29, 1.82) is 0 Å². The van der Waals surface area contributed by atoms with Crippen molar-refractivity contribution in [1.82, 2.24) is 9.88 Å². The maximum absolute atomic E-state index is 12.6. The first kappa shape index (κ1) is 17.5. The van der Waals surface area contributed by atoms with E-state index >= 15 is 0 Å². The molecule has 6 heteroatoms. The molecule has 1 aromatic heterocycles. The van der Waals surface area contributed by atoms with Gasteiger partial charge in [0.1, 0.15) is 11.7 Å². The topological polar surface area (TPSA) is 42.4 Å². The van der Waals surface area contributed by atoms with Crippen LogP contribution in [0.1, 0.15) is 35.7 Å². The number of esters is 1. The average molecular weight is 346 g/mol. The van der Waals surface area contributed by atoms with E-state index < -0.39 is 6.43 Å². The summed E-state index contributed by atoms with van der Waals surface area (Å²) in [6.07, 6.45) is -0.551. The molecule has 1 unspecified atom stereocenters. The lowest BCUT2D eigenvalue weighted by molar-refractivity contribution is -0.150. The van der Waals surface area contributed by atoms with E-state index in [4.69, 9.17) is 4.74 Å². The van der Waals surface area contributed by atoms with E-state index in [0.29, 0.717) is 26.1 Å². The molecule has 0 amide bonds. The smallest absolute Gasteiger partial charge is 0.323 e. The number of alkyl halides is 2. The third-order valence-corrected chi connectivity index (χ3v) is 4.36. The number of hydrogen-bond acceptors (Lipinski definition) is 4. The summed E-state index contributed by atoms with van der Waals surface area (Å²) in [7, 11) is 0. The van der Waals surface area contributed by atoms with Crippen LogP contribution in [0.2, 0.25) is 0 Å². The van der Waals surface area contributed by atoms with Crippen molar-refractivity contribution in [2.45, 2.75) is 38.9 Å². The van der Waals surface area contributed by atoms with E-state index in [1.165, 1.54) is 17.8 Å². The van der Waals surface area contributed by atoms with Gasteiger partial charge < -0.3 is 4.74 Å². The van der Waals surface area contributed by atoms with Crippen LogP contribution in [-0.2, 0) is 29.0 Å². The highest BCUT2D eigenvalue weighted by Crippen LogP contribution is 2.26. The van der Waals surface area contributed by atoms with Crippen LogP contribution in [0.15, 0.2) is 42.6 Å². The van der Waals surface area contributed by atoms with Gasteiger partial charge in [-0.05, 0) is 36.1 Å². The first-order valence-corrected chi connectivity index (χ1v) is 8.29. The Hall–Kier alpha value is -2.34. The maximum Gasteiger partial charge on any atom is 0.323 e. The molecule has 2 heterocycles. The van der Waals surface area contributed by atoms with Gasteiger partial charge in [0.15, 0.2) is 0 Å². The fourth-order valence-corrected chi connectivity index (χ4v) is 3.11. The van der Waals surface area contributed by atoms with Crippen molar-refractivity contribution in [3.63, 3.8) is 0 Å². The molecule has 0 fully saturated rings. The van der Waals surface area contributed by atoms with Crippen molar-refractivity contribution in [3.05, 3.63) is 65.0 Å². The molecule has 4 nitrogen and oxygen atoms in total. The number of halogens is 2. The van der Waals surface area contributed by atoms with E-state index in [0.717, 1.165) is 11.1 Å². The fraction of sp³-hybridized carbons (Fsp3) is 0.368. The molecule has 1 aliphatic heterocycles. The van der Waals surface area contributed by atoms with Crippen molar-refractivity contribution in [2.24, 2.45) is 0 Å². The first-order valence-electron chi connectivity index (χ1n) is 8.29. The molecule has 0 saturated heterocycles. The van der Waals surface area contributed by atoms with Crippen LogP contribution in [0, 0.1) is 0 Å². The zero-order valence-corrected chi connectivity index (χ0v) is 14.0. The molecule has 3 rings (SSSR count). The lowest BCUT2D eigenvalue weighted by atomic mass is 9.93. The quantitative estimate of drug-likeness (QED) is 0.777. The third-order valence-electron chi connectivity index (χ3n) is 4.36. The predicted molar refractivity (Wildman–Crippen MR) is 89.0 cm³/mol. The van der Waals surface area contributed by atoms with Gasteiger partial charge in [-0.1, -0.05) is 30.3 Å². The van der Waals surface area contributed by atoms with Crippen LogP contribution in [0.4, 0.5) is 8.78 Å². The Balaban J connectivity index is 1.82. The number of ether oxygens (including phenoxy) is 1. The molecule has 0 saturated carbocycles. The van der Waals surface area contributed by atoms with Crippen molar-refractivity contribution in [3.8, 4) is 0 Å². The number of pyridine rings is 1. The lowest BCUT2D eigenvalue weighted by Crippen LogP contribution is -2.45. The molecule has 0 spiro atoms. The van der Waals surface area contributed by atoms with Crippen molar-refractivity contribution in [2.75, 3.05) is 6.61 Å². The normalized spacial score (nSPS) is 17.4. The lowest BCUT2D eigenvalue weighted by Gasteiger charge is -2.35. The number of carbonyl (C=O) groups excluding carboxylic acids is 1. The number of aromatic nitrogens is 1. The van der Waals surface area contributed by atoms with E-state index in [2.05, 4.69) is 4.98 Å². The van der Waals surface area contributed by atoms with E-state index in [9.17, 15) is 13.6 Å². The highest BCUT2D eigenvalue weighted by molar-refractivity contribution is 5.76. The number of fused-ring (bicyclic) bond motifs is 1. The minimum Gasteiger partial charge on any atom is -0.465 e. The molecule has 0 N–H and O–H groups in total. The second-order valence-corrected chi connectivity index (χ2v) is 6.04. The molecule has 0 aliphatic carbocycles. The molecular formula is C19H20F2N2O2. The standard InChI is InChI=1S/C19H20F2N2O2/c1-2-25-19(24)17-9-14-5-3-4-6-15(14)12-23(17)11-13-7-8-16(18(20)21)22-10-13/h3-8,10,17-18H,2,9,11-12H2,1H3. The third kappa shape index (κ3) is 4.02. The minimum atomic E-state index is -2.58. The van der Waals surface area contributed by atoms with Crippen LogP contribution in [0.25, 0.3) is 0 Å². The largest absolute Gasteiger partial charge is 0.465 e. The summed E-state index contributed by atoms with van der Waals surface area (Å²) >= 11 is 0. The Morgan fingerprint density at radius 3 is 2.68 bits per heavy atom. The summed E-state index contributed by atoms with van der Waals surface area (Å²) in [6, 6.07) is 10.6. The fourth-order valence-electron chi connectivity index (χ4n) is 3.11. The molecular weight excluding hydrogens is 326 g/mol. The van der Waals surface area contributed by atoms with Crippen molar-refractivity contribution >= 4 is 5.97 Å². The Morgan fingerprint density at radius 1 is 1.28 bits per heavy atom. The Kier molecular flexibility index (Phi) is 5.38. The molecule has 0 radical (unpaired) electrons. The molecule has 1 atom stereocenters. The van der Waals surface area contributed by atoms with Crippen molar-refractivity contribution < 1.29 is 18.3 Å². The maximum atomic E-state index is 12.6. The predicted octanol–water partition coefficient (Wildman–Crippen LogP) is 3.51. The number of hydrogen-bond donors (Lipinski definition) is 0. The van der Waals surface area contributed by atoms with Crippen LogP contribution < -0.4 is 0 Å². The van der Waals surface area contributed by atoms with Gasteiger partial charge in [0, 0.05) is 19.3 Å². The number of carbonyl (C=O) groups is 1. The van der Waals surface area contributed by atoms with E-state index in [-0.39, 0.29) is 17.7 Å². The van der Waals surface area contributed by atoms with Gasteiger partial charge in [0.25, 0.3) is 6.43 Å². The van der Waals surface area contributed by atoms with Gasteiger partial charge in [-0.25, -0.2) is 8.78 Å². The summed E-state index contributed by atoms with van der Waals surface area (Å²) in [6.45, 7) is 3.17. The minimum absolute atomic E-state index is 0.241. The SMILES string of the molecule is CCOC(=O)C1Cc2ccccc2CN1Cc1ccc(C(F)F)nc1. The molecule has 2 aromatic rings. The van der Waals surface area contributed by atoms with Gasteiger partial charge in [-0.15, -0.1) is 0 Å². The summed E-state index contributed by atoms with van der Waals surface area (Å²) in [5, 5.41) is 0. The Morgan fingerprint density at radius 2 is 2.04 bits per heavy atom. The van der Waals surface area contributed by atoms with Gasteiger partial charge in [0.2, 0.25) is 0 Å². The van der Waals surface area contributed by atoms with E-state index in [1.54, 1.807) is 13.0 Å². The van der Waals surface area contributed by atoms with Crippen LogP contribution in [0.3, 0.4) is 0 Å². The molecule has 25 heavy (non-hydrogen) atoms. The molecule has 1 aliphatic rings. The van der Waals surface area contributed by atoms with Crippen LogP contribution in [-0.4, -0.2) is 28.5 Å². The van der Waals surface area contributed by atoms with Gasteiger partial charge in [-0.3, -0.25) is 14.7 Å². The van der Waals surface area contributed by atoms with E-state index in [1.807, 2.05) is 29.2 Å². The average Bonchev–Trinajstić information content (AvgIpc) is 2.61. The van der Waals surface area contributed by atoms with Crippen LogP contribution >= 0.6 is 0 Å². The number of rotatable bonds is 5. The summed E-state index contributed by atoms with van der Waals surface area (Å²) < 4.78 is 30.5. The zero-order valence-electron chi connectivity index (χ0n) is 14.0. The Labute approximate surface area is 145 Å². The molecule has 0 bridgehead atoms. The summed E-state index contributed by atoms with van der Waals surface area (Å²) in [4.78, 5) is 18.2. The Bertz CT molecular complexity index is 734. The number of benzene rings is 1. The summed E-state index contributed by atoms with van der Waals surface area (Å²) in [5.41, 5.74) is 2.86. The number of nitrogens with zero attached hydrogens (tertiary/aromatic N) is 2. The monoisotopic (exact) mass is 346 g/mol. The summed E-state index contributed by atoms with van der Waals surface area (Å²) in [5.74, 6) is -0.255. The van der Waals surface area contributed by atoms with Gasteiger partial charge in [-0.2, -0.15) is 0 Å². The van der Waals surface area contributed by atoms with Gasteiger partial charge in [0.05, 0.1) is 6.61 Å².